The fourth-order valence-electron chi connectivity index (χ4n) is 5.59. The van der Waals surface area contributed by atoms with Crippen molar-refractivity contribution in [2.45, 2.75) is 62.8 Å². The number of hydrogen-bond donors (Lipinski definition) is 2. The molecule has 0 unspecified atom stereocenters. The number of aliphatic hydroxyl groups excluding tert-OH is 2. The first kappa shape index (κ1) is 25.0. The van der Waals surface area contributed by atoms with Crippen LogP contribution in [0.1, 0.15) is 107 Å². The lowest BCUT2D eigenvalue weighted by Crippen LogP contribution is -2.10. The second kappa shape index (κ2) is 9.87. The van der Waals surface area contributed by atoms with Crippen LogP contribution in [0.2, 0.25) is 0 Å². The molecule has 0 radical (unpaired) electrons. The normalized spacial score (nSPS) is 24.6. The molecule has 0 amide bonds. The molecular formula is C30H30N6O4. The minimum Gasteiger partial charge on any atom is -0.385 e. The fourth-order valence-corrected chi connectivity index (χ4v) is 5.59. The fraction of sp³-hybridized carbons (Fsp3) is 0.400. The van der Waals surface area contributed by atoms with E-state index in [1.54, 1.807) is 9.36 Å². The number of hydrogen-bond acceptors (Lipinski definition) is 8. The number of nitrogens with zero attached hydrogens (tertiary/aromatic N) is 6. The van der Waals surface area contributed by atoms with E-state index in [0.717, 1.165) is 36.8 Å². The van der Waals surface area contributed by atoms with Crippen LogP contribution < -0.4 is 0 Å². The van der Waals surface area contributed by atoms with Crippen LogP contribution in [-0.4, -0.2) is 51.3 Å². The number of carbonyl (C=O) groups is 2. The Hall–Kier alpha value is -4.02. The molecule has 4 heterocycles. The monoisotopic (exact) mass is 538 g/mol. The second-order valence-electron chi connectivity index (χ2n) is 11.1. The second-order valence-corrected chi connectivity index (χ2v) is 11.1. The molecule has 40 heavy (non-hydrogen) atoms. The van der Waals surface area contributed by atoms with Crippen LogP contribution in [0.15, 0.2) is 60.7 Å². The van der Waals surface area contributed by atoms with Crippen LogP contribution in [0.4, 0.5) is 0 Å². The Morgan fingerprint density at radius 2 is 1.00 bits per heavy atom. The van der Waals surface area contributed by atoms with Gasteiger partial charge < -0.3 is 10.2 Å². The van der Waals surface area contributed by atoms with Crippen LogP contribution in [0.3, 0.4) is 0 Å². The number of fused-ring (bicyclic) bond motifs is 2. The molecule has 4 atom stereocenters. The molecule has 2 aromatic heterocycles. The van der Waals surface area contributed by atoms with Crippen molar-refractivity contribution in [2.75, 3.05) is 0 Å². The highest BCUT2D eigenvalue weighted by Crippen LogP contribution is 2.39. The topological polar surface area (TPSA) is 136 Å². The largest absolute Gasteiger partial charge is 0.385 e. The van der Waals surface area contributed by atoms with E-state index >= 15 is 0 Å². The van der Waals surface area contributed by atoms with E-state index in [0.29, 0.717) is 24.5 Å². The van der Waals surface area contributed by atoms with Gasteiger partial charge in [0.05, 0.1) is 12.1 Å². The van der Waals surface area contributed by atoms with Gasteiger partial charge in [-0.05, 0) is 36.8 Å². The summed E-state index contributed by atoms with van der Waals surface area (Å²) in [6, 6.07) is 19.8. The predicted octanol–water partition coefficient (Wildman–Crippen LogP) is 3.79. The molecule has 2 N–H and O–H groups in total. The summed E-state index contributed by atoms with van der Waals surface area (Å²) in [6.45, 7) is 0. The van der Waals surface area contributed by atoms with E-state index in [1.807, 2.05) is 60.7 Å². The number of rotatable bonds is 6. The summed E-state index contributed by atoms with van der Waals surface area (Å²) in [5, 5.41) is 29.0. The van der Waals surface area contributed by atoms with Crippen molar-refractivity contribution < 1.29 is 19.8 Å². The Kier molecular flexibility index (Phi) is 6.16. The highest BCUT2D eigenvalue weighted by molar-refractivity contribution is 5.96. The van der Waals surface area contributed by atoms with Gasteiger partial charge in [-0.3, -0.25) is 9.59 Å². The van der Waals surface area contributed by atoms with E-state index in [2.05, 4.69) is 20.2 Å². The first-order valence-corrected chi connectivity index (χ1v) is 13.9. The van der Waals surface area contributed by atoms with Gasteiger partial charge in [-0.25, -0.2) is 19.3 Å². The van der Waals surface area contributed by atoms with Crippen molar-refractivity contribution in [3.63, 3.8) is 0 Å². The lowest BCUT2D eigenvalue weighted by molar-refractivity contribution is 0.0948. The molecule has 2 fully saturated rings. The molecule has 4 aromatic rings. The summed E-state index contributed by atoms with van der Waals surface area (Å²) in [5.74, 6) is 1.81. The molecule has 8 rings (SSSR count). The molecule has 10 heteroatoms. The summed E-state index contributed by atoms with van der Waals surface area (Å²) in [6.07, 6.45) is 3.60. The third-order valence-electron chi connectivity index (χ3n) is 8.10. The zero-order chi connectivity index (χ0) is 27.4. The van der Waals surface area contributed by atoms with E-state index < -0.39 is 12.2 Å². The lowest BCUT2D eigenvalue weighted by atomic mass is 10.0. The molecule has 2 aliphatic carbocycles. The minimum absolute atomic E-state index is 0.0194. The first-order chi connectivity index (χ1) is 19.5. The van der Waals surface area contributed by atoms with Crippen molar-refractivity contribution in [2.24, 2.45) is 11.8 Å². The van der Waals surface area contributed by atoms with Gasteiger partial charge in [-0.1, -0.05) is 60.7 Å². The van der Waals surface area contributed by atoms with Gasteiger partial charge in [-0.2, -0.15) is 0 Å². The Bertz CT molecular complexity index is 1440. The average Bonchev–Trinajstić information content (AvgIpc) is 3.87. The third kappa shape index (κ3) is 4.56. The highest BCUT2D eigenvalue weighted by atomic mass is 16.3. The summed E-state index contributed by atoms with van der Waals surface area (Å²) >= 11 is 0. The van der Waals surface area contributed by atoms with Gasteiger partial charge in [0.1, 0.15) is 12.2 Å². The molecule has 0 bridgehead atoms. The zero-order valence-electron chi connectivity index (χ0n) is 21.9. The van der Waals surface area contributed by atoms with Crippen molar-refractivity contribution in [3.8, 4) is 0 Å². The Morgan fingerprint density at radius 3 is 1.35 bits per heavy atom. The summed E-state index contributed by atoms with van der Waals surface area (Å²) in [4.78, 5) is 32.6. The zero-order valence-corrected chi connectivity index (χ0v) is 21.9. The van der Waals surface area contributed by atoms with Crippen molar-refractivity contribution in [3.05, 3.63) is 95.1 Å². The number of aromatic nitrogens is 6. The molecule has 10 nitrogen and oxygen atoms in total. The third-order valence-corrected chi connectivity index (χ3v) is 8.10. The van der Waals surface area contributed by atoms with Gasteiger partial charge in [-0.15, -0.1) is 10.2 Å². The van der Waals surface area contributed by atoms with Crippen LogP contribution in [0.25, 0.3) is 0 Å². The number of benzene rings is 2. The van der Waals surface area contributed by atoms with Crippen LogP contribution in [0, 0.1) is 11.8 Å². The van der Waals surface area contributed by atoms with Gasteiger partial charge in [0.25, 0.3) is 0 Å². The van der Waals surface area contributed by atoms with E-state index in [4.69, 9.17) is 0 Å². The molecule has 0 saturated heterocycles. The van der Waals surface area contributed by atoms with E-state index in [1.165, 1.54) is 0 Å². The number of aliphatic hydroxyl groups is 2. The predicted molar refractivity (Wildman–Crippen MR) is 142 cm³/mol. The Morgan fingerprint density at radius 1 is 0.625 bits per heavy atom. The molecule has 0 spiro atoms. The Labute approximate surface area is 230 Å². The van der Waals surface area contributed by atoms with Crippen molar-refractivity contribution >= 4 is 11.6 Å². The lowest BCUT2D eigenvalue weighted by Gasteiger charge is -2.11. The number of Topliss-reactive ketones (excluding diaryl/α,β-unsaturated/α-hetero) is 2. The highest BCUT2D eigenvalue weighted by Gasteiger charge is 2.40. The van der Waals surface area contributed by atoms with Crippen molar-refractivity contribution in [1.29, 1.82) is 0 Å². The molecular weight excluding hydrogens is 508 g/mol. The quantitative estimate of drug-likeness (QED) is 0.354. The van der Waals surface area contributed by atoms with Gasteiger partial charge >= 0.3 is 0 Å². The maximum atomic E-state index is 12.0. The standard InChI is InChI=1S/2C15H15N3O2/c2*19-12-8-11(9-4-2-1-3-5-9)18-15(12)16-14(17-18)13(20)10-6-7-10/h2*1-5,10-12,19H,6-8H2/t2*11-,12-/m10/s1. The summed E-state index contributed by atoms with van der Waals surface area (Å²) in [7, 11) is 0. The number of carbonyl (C=O) groups excluding carboxylic acids is 2. The summed E-state index contributed by atoms with van der Waals surface area (Å²) < 4.78 is 3.44. The van der Waals surface area contributed by atoms with Gasteiger partial charge in [0.15, 0.2) is 11.6 Å². The SMILES string of the molecule is O=C(c1nc2n(n1)[C@@H](c1ccccc1)C[C@H]2O)C1CC1.O=C(c1nc2n(n1)[C@H](c1ccccc1)C[C@@H]2O)C1CC1. The smallest absolute Gasteiger partial charge is 0.217 e. The summed E-state index contributed by atoms with van der Waals surface area (Å²) in [5.41, 5.74) is 2.17. The van der Waals surface area contributed by atoms with Crippen LogP contribution in [0.5, 0.6) is 0 Å². The van der Waals surface area contributed by atoms with Crippen LogP contribution in [-0.2, 0) is 0 Å². The minimum atomic E-state index is -0.645. The van der Waals surface area contributed by atoms with Crippen LogP contribution >= 0.6 is 0 Å². The maximum Gasteiger partial charge on any atom is 0.217 e. The first-order valence-electron chi connectivity index (χ1n) is 13.9. The van der Waals surface area contributed by atoms with Crippen molar-refractivity contribution in [1.82, 2.24) is 29.5 Å². The van der Waals surface area contributed by atoms with Gasteiger partial charge in [0.2, 0.25) is 23.2 Å². The average molecular weight is 539 g/mol. The van der Waals surface area contributed by atoms with E-state index in [-0.39, 0.29) is 47.1 Å². The number of ketones is 2. The van der Waals surface area contributed by atoms with Gasteiger partial charge in [0, 0.05) is 24.7 Å². The Balaban J connectivity index is 0.000000132. The molecule has 204 valence electrons. The molecule has 2 aromatic carbocycles. The molecule has 2 saturated carbocycles. The van der Waals surface area contributed by atoms with E-state index in [9.17, 15) is 19.8 Å². The maximum absolute atomic E-state index is 12.0. The molecule has 2 aliphatic heterocycles. The molecule has 4 aliphatic rings.